The van der Waals surface area contributed by atoms with Gasteiger partial charge in [0.1, 0.15) is 0 Å². The van der Waals surface area contributed by atoms with Crippen molar-refractivity contribution in [1.29, 1.82) is 0 Å². The second-order valence-electron chi connectivity index (χ2n) is 10.0. The van der Waals surface area contributed by atoms with Gasteiger partial charge in [0.2, 0.25) is 10.0 Å². The van der Waals surface area contributed by atoms with Crippen LogP contribution in [0.5, 0.6) is 0 Å². The molecule has 0 saturated carbocycles. The molecule has 3 aromatic rings. The fourth-order valence-corrected chi connectivity index (χ4v) is 8.51. The van der Waals surface area contributed by atoms with Gasteiger partial charge in [-0.05, 0) is 86.3 Å². The summed E-state index contributed by atoms with van der Waals surface area (Å²) < 4.78 is 27.9. The molecular formula is C29H33ClN2O2S2. The molecule has 2 heterocycles. The number of benzene rings is 3. The summed E-state index contributed by atoms with van der Waals surface area (Å²) in [7, 11) is -1.87. The Balaban J connectivity index is 1.26. The maximum absolute atomic E-state index is 13.2. The molecule has 4 nitrogen and oxygen atoms in total. The third-order valence-corrected chi connectivity index (χ3v) is 11.3. The van der Waals surface area contributed by atoms with Crippen LogP contribution in [0.15, 0.2) is 88.7 Å². The minimum atomic E-state index is -3.55. The predicted molar refractivity (Wildman–Crippen MR) is 150 cm³/mol. The molecule has 0 unspecified atom stereocenters. The van der Waals surface area contributed by atoms with E-state index in [2.05, 4.69) is 35.2 Å². The number of rotatable bonds is 8. The van der Waals surface area contributed by atoms with Crippen LogP contribution >= 0.6 is 23.4 Å². The fourth-order valence-electron chi connectivity index (χ4n) is 5.59. The van der Waals surface area contributed by atoms with E-state index in [1.54, 1.807) is 36.9 Å². The van der Waals surface area contributed by atoms with E-state index in [1.165, 1.54) is 27.8 Å². The Morgan fingerprint density at radius 3 is 2.47 bits per heavy atom. The first kappa shape index (κ1) is 25.8. The Morgan fingerprint density at radius 2 is 1.72 bits per heavy atom. The van der Waals surface area contributed by atoms with Gasteiger partial charge in [0.05, 0.1) is 4.90 Å². The van der Waals surface area contributed by atoms with Gasteiger partial charge in [-0.25, -0.2) is 12.7 Å². The maximum atomic E-state index is 13.2. The zero-order chi connectivity index (χ0) is 25.2. The third-order valence-electron chi connectivity index (χ3n) is 7.82. The van der Waals surface area contributed by atoms with Crippen molar-refractivity contribution in [3.8, 4) is 0 Å². The van der Waals surface area contributed by atoms with Crippen LogP contribution in [0.25, 0.3) is 0 Å². The summed E-state index contributed by atoms with van der Waals surface area (Å²) in [4.78, 5) is 4.34. The molecule has 1 fully saturated rings. The number of sulfonamides is 1. The number of nitrogens with zero attached hydrogens (tertiary/aromatic N) is 2. The highest BCUT2D eigenvalue weighted by Crippen LogP contribution is 2.49. The van der Waals surface area contributed by atoms with Crippen molar-refractivity contribution in [3.05, 3.63) is 95.0 Å². The first-order chi connectivity index (χ1) is 17.4. The van der Waals surface area contributed by atoms with Crippen LogP contribution in [0.4, 0.5) is 0 Å². The van der Waals surface area contributed by atoms with Gasteiger partial charge in [0.25, 0.3) is 0 Å². The molecule has 7 heteroatoms. The summed E-state index contributed by atoms with van der Waals surface area (Å²) in [5.41, 5.74) is 2.94. The van der Waals surface area contributed by atoms with E-state index >= 15 is 0 Å². The number of thioether (sulfide) groups is 1. The second-order valence-corrected chi connectivity index (χ2v) is 13.5. The van der Waals surface area contributed by atoms with Crippen molar-refractivity contribution in [2.24, 2.45) is 0 Å². The number of likely N-dealkylation sites (N-methyl/N-ethyl adjacent to an activating group) is 1. The molecule has 0 amide bonds. The summed E-state index contributed by atoms with van der Waals surface area (Å²) in [5.74, 6) is 1.25. The monoisotopic (exact) mass is 540 g/mol. The van der Waals surface area contributed by atoms with Gasteiger partial charge in [0, 0.05) is 34.7 Å². The third kappa shape index (κ3) is 5.39. The molecule has 2 aliphatic heterocycles. The van der Waals surface area contributed by atoms with Crippen molar-refractivity contribution in [2.75, 3.05) is 39.0 Å². The largest absolute Gasteiger partial charge is 0.303 e. The maximum Gasteiger partial charge on any atom is 0.242 e. The van der Waals surface area contributed by atoms with Crippen LogP contribution in [0.2, 0.25) is 5.02 Å². The first-order valence-electron chi connectivity index (χ1n) is 12.6. The highest BCUT2D eigenvalue weighted by atomic mass is 35.5. The van der Waals surface area contributed by atoms with E-state index in [0.29, 0.717) is 21.9 Å². The number of fused-ring (bicyclic) bond motifs is 2. The second kappa shape index (κ2) is 10.9. The molecule has 0 N–H and O–H groups in total. The van der Waals surface area contributed by atoms with Gasteiger partial charge in [-0.2, -0.15) is 0 Å². The lowest BCUT2D eigenvalue weighted by molar-refractivity contribution is 0.166. The summed E-state index contributed by atoms with van der Waals surface area (Å²) in [6.07, 6.45) is 3.25. The van der Waals surface area contributed by atoms with E-state index in [9.17, 15) is 8.42 Å². The van der Waals surface area contributed by atoms with Crippen molar-refractivity contribution in [2.45, 2.75) is 40.4 Å². The van der Waals surface area contributed by atoms with Crippen LogP contribution in [0.3, 0.4) is 0 Å². The fraction of sp³-hybridized carbons (Fsp3) is 0.379. The highest BCUT2D eigenvalue weighted by molar-refractivity contribution is 7.99. The Kier molecular flexibility index (Phi) is 7.80. The SMILES string of the molecule is CN(C[C@@H](CCN1CCC2(CC1)CSc1ccccc12)c1cccc(Cl)c1)S(=O)(=O)c1ccccc1. The average molecular weight is 541 g/mol. The molecule has 190 valence electrons. The standard InChI is InChI=1S/C29H33ClN2O2S2/c1-31(36(33,34)26-10-3-2-4-11-26)21-24(23-8-7-9-25(30)20-23)14-17-32-18-15-29(16-19-32)22-35-28-13-6-5-12-27(28)29/h2-13,20,24H,14-19,21-22H2,1H3/t24-/m1/s1. The molecule has 1 atom stereocenters. The molecule has 0 radical (unpaired) electrons. The lowest BCUT2D eigenvalue weighted by Gasteiger charge is -2.40. The molecule has 1 spiro atoms. The van der Waals surface area contributed by atoms with E-state index in [0.717, 1.165) is 31.6 Å². The zero-order valence-electron chi connectivity index (χ0n) is 20.6. The minimum absolute atomic E-state index is 0.0610. The summed E-state index contributed by atoms with van der Waals surface area (Å²) in [6.45, 7) is 3.52. The molecule has 36 heavy (non-hydrogen) atoms. The Bertz CT molecular complexity index is 1290. The molecule has 0 aliphatic carbocycles. The smallest absolute Gasteiger partial charge is 0.242 e. The number of likely N-dealkylation sites (tertiary alicyclic amines) is 1. The Labute approximate surface area is 224 Å². The van der Waals surface area contributed by atoms with Crippen LogP contribution in [-0.2, 0) is 15.4 Å². The highest BCUT2D eigenvalue weighted by Gasteiger charge is 2.41. The van der Waals surface area contributed by atoms with Crippen LogP contribution < -0.4 is 0 Å². The van der Waals surface area contributed by atoms with Gasteiger partial charge in [-0.1, -0.05) is 60.1 Å². The molecule has 1 saturated heterocycles. The molecule has 0 aromatic heterocycles. The summed E-state index contributed by atoms with van der Waals surface area (Å²) >= 11 is 8.33. The molecule has 0 bridgehead atoms. The first-order valence-corrected chi connectivity index (χ1v) is 15.4. The van der Waals surface area contributed by atoms with Crippen molar-refractivity contribution in [1.82, 2.24) is 9.21 Å². The van der Waals surface area contributed by atoms with Crippen LogP contribution in [0, 0.1) is 0 Å². The van der Waals surface area contributed by atoms with Gasteiger partial charge in [-0.3, -0.25) is 0 Å². The topological polar surface area (TPSA) is 40.6 Å². The molecule has 3 aromatic carbocycles. The Hall–Kier alpha value is -1.83. The number of piperidine rings is 1. The molecule has 2 aliphatic rings. The van der Waals surface area contributed by atoms with E-state index < -0.39 is 10.0 Å². The normalized spacial score (nSPS) is 18.4. The van der Waals surface area contributed by atoms with Gasteiger partial charge in [0.15, 0.2) is 0 Å². The number of hydrogen-bond donors (Lipinski definition) is 0. The Morgan fingerprint density at radius 1 is 1.00 bits per heavy atom. The lowest BCUT2D eigenvalue weighted by atomic mass is 9.74. The lowest BCUT2D eigenvalue weighted by Crippen LogP contribution is -2.43. The minimum Gasteiger partial charge on any atom is -0.303 e. The number of hydrogen-bond acceptors (Lipinski definition) is 4. The van der Waals surface area contributed by atoms with Gasteiger partial charge < -0.3 is 4.90 Å². The van der Waals surface area contributed by atoms with E-state index in [-0.39, 0.29) is 5.92 Å². The van der Waals surface area contributed by atoms with Gasteiger partial charge >= 0.3 is 0 Å². The summed E-state index contributed by atoms with van der Waals surface area (Å²) in [6, 6.07) is 25.4. The van der Waals surface area contributed by atoms with Crippen molar-refractivity contribution < 1.29 is 8.42 Å². The van der Waals surface area contributed by atoms with Crippen LogP contribution in [0.1, 0.15) is 36.3 Å². The van der Waals surface area contributed by atoms with Crippen molar-refractivity contribution in [3.63, 3.8) is 0 Å². The predicted octanol–water partition coefficient (Wildman–Crippen LogP) is 6.27. The quantitative estimate of drug-likeness (QED) is 0.337. The van der Waals surface area contributed by atoms with E-state index in [4.69, 9.17) is 11.6 Å². The number of halogens is 1. The zero-order valence-corrected chi connectivity index (χ0v) is 23.0. The van der Waals surface area contributed by atoms with E-state index in [1.807, 2.05) is 36.0 Å². The van der Waals surface area contributed by atoms with Gasteiger partial charge in [-0.15, -0.1) is 11.8 Å². The van der Waals surface area contributed by atoms with Crippen LogP contribution in [-0.4, -0.2) is 56.6 Å². The molecule has 5 rings (SSSR count). The summed E-state index contributed by atoms with van der Waals surface area (Å²) in [5, 5.41) is 0.684. The average Bonchev–Trinajstić information content (AvgIpc) is 3.26. The van der Waals surface area contributed by atoms with Crippen molar-refractivity contribution >= 4 is 33.4 Å². The molecular weight excluding hydrogens is 508 g/mol.